The summed E-state index contributed by atoms with van der Waals surface area (Å²) in [5.41, 5.74) is 0.0693. The zero-order valence-corrected chi connectivity index (χ0v) is 19.2. The lowest BCUT2D eigenvalue weighted by molar-refractivity contribution is -0.174. The summed E-state index contributed by atoms with van der Waals surface area (Å²) < 4.78 is 16.8. The molecule has 4 aromatic carbocycles. The van der Waals surface area contributed by atoms with Crippen LogP contribution in [0.3, 0.4) is 0 Å². The second-order valence-electron chi connectivity index (χ2n) is 8.29. The quantitative estimate of drug-likeness (QED) is 0.213. The van der Waals surface area contributed by atoms with Gasteiger partial charge in [-0.3, -0.25) is 4.79 Å². The minimum atomic E-state index is -1.88. The Morgan fingerprint density at radius 2 is 1.33 bits per heavy atom. The van der Waals surface area contributed by atoms with Gasteiger partial charge in [0.25, 0.3) is 0 Å². The summed E-state index contributed by atoms with van der Waals surface area (Å²) in [4.78, 5) is 40.5. The first-order valence-electron chi connectivity index (χ1n) is 11.4. The number of carbonyl (C=O) groups excluding carboxylic acids is 3. The van der Waals surface area contributed by atoms with Crippen molar-refractivity contribution in [2.45, 2.75) is 18.1 Å². The first-order valence-corrected chi connectivity index (χ1v) is 11.4. The number of hydrogen-bond acceptors (Lipinski definition) is 6. The molecule has 6 heteroatoms. The molecule has 178 valence electrons. The molecule has 4 aromatic rings. The van der Waals surface area contributed by atoms with Crippen LogP contribution in [-0.2, 0) is 35.9 Å². The molecule has 0 bridgehead atoms. The first kappa shape index (κ1) is 23.1. The zero-order chi connectivity index (χ0) is 25.0. The van der Waals surface area contributed by atoms with E-state index in [1.165, 1.54) is 0 Å². The highest BCUT2D eigenvalue weighted by Crippen LogP contribution is 2.46. The summed E-state index contributed by atoms with van der Waals surface area (Å²) in [7, 11) is 0. The summed E-state index contributed by atoms with van der Waals surface area (Å²) in [6, 6.07) is 33.0. The van der Waals surface area contributed by atoms with Gasteiger partial charge in [-0.1, -0.05) is 109 Å². The van der Waals surface area contributed by atoms with E-state index in [1.807, 2.05) is 30.3 Å². The minimum Gasteiger partial charge on any atom is -0.458 e. The number of esters is 3. The van der Waals surface area contributed by atoms with Gasteiger partial charge in [-0.25, -0.2) is 9.59 Å². The van der Waals surface area contributed by atoms with Crippen LogP contribution < -0.4 is 4.74 Å². The fraction of sp³-hybridized carbons (Fsp3) is 0.100. The number of fused-ring (bicyclic) bond motifs is 1. The average molecular weight is 479 g/mol. The summed E-state index contributed by atoms with van der Waals surface area (Å²) in [6.07, 6.45) is -1.39. The topological polar surface area (TPSA) is 78.9 Å². The molecule has 0 fully saturated rings. The largest absolute Gasteiger partial charge is 0.458 e. The third kappa shape index (κ3) is 4.14. The number of hydrogen-bond donors (Lipinski definition) is 0. The van der Waals surface area contributed by atoms with Crippen molar-refractivity contribution >= 4 is 17.9 Å². The highest BCUT2D eigenvalue weighted by Gasteiger charge is 2.58. The first-order chi connectivity index (χ1) is 17.6. The lowest BCUT2D eigenvalue weighted by Gasteiger charge is -2.27. The van der Waals surface area contributed by atoms with Gasteiger partial charge in [0.05, 0.1) is 0 Å². The van der Waals surface area contributed by atoms with Gasteiger partial charge in [-0.15, -0.1) is 0 Å². The Morgan fingerprint density at radius 1 is 0.750 bits per heavy atom. The van der Waals surface area contributed by atoms with Crippen molar-refractivity contribution < 1.29 is 28.6 Å². The van der Waals surface area contributed by atoms with Gasteiger partial charge < -0.3 is 14.2 Å². The summed E-state index contributed by atoms with van der Waals surface area (Å²) >= 11 is 0. The lowest BCUT2D eigenvalue weighted by Crippen LogP contribution is -2.45. The minimum absolute atomic E-state index is 0.00919. The van der Waals surface area contributed by atoms with E-state index < -0.39 is 29.4 Å². The number of ether oxygens (including phenoxy) is 3. The molecule has 1 aliphatic heterocycles. The highest BCUT2D eigenvalue weighted by atomic mass is 16.6. The predicted molar refractivity (Wildman–Crippen MR) is 131 cm³/mol. The van der Waals surface area contributed by atoms with E-state index >= 15 is 0 Å². The van der Waals surface area contributed by atoms with Crippen LogP contribution in [0.5, 0.6) is 5.75 Å². The smallest absolute Gasteiger partial charge is 0.352 e. The van der Waals surface area contributed by atoms with Gasteiger partial charge in [0, 0.05) is 11.1 Å². The van der Waals surface area contributed by atoms with Crippen LogP contribution in [0.1, 0.15) is 28.4 Å². The van der Waals surface area contributed by atoms with Crippen molar-refractivity contribution in [1.29, 1.82) is 0 Å². The molecule has 0 aromatic heterocycles. The standard InChI is InChI=1S/C30H22O6/c31-27(34-20-21-12-4-1-5-13-21)26(22-14-6-2-7-15-22)36-29(33)30(23-16-8-3-9-17-23)24-18-10-11-19-25(24)35-28(30)32/h1-19,26H,20H2/t26-,30?/m0/s1. The molecule has 5 rings (SSSR count). The second kappa shape index (κ2) is 9.88. The van der Waals surface area contributed by atoms with Crippen LogP contribution >= 0.6 is 0 Å². The van der Waals surface area contributed by atoms with Crippen LogP contribution in [0, 0.1) is 0 Å². The van der Waals surface area contributed by atoms with Gasteiger partial charge >= 0.3 is 17.9 Å². The summed E-state index contributed by atoms with van der Waals surface area (Å²) in [5, 5.41) is 0. The van der Waals surface area contributed by atoms with E-state index in [2.05, 4.69) is 0 Å². The number of para-hydroxylation sites is 1. The van der Waals surface area contributed by atoms with Gasteiger partial charge in [-0.2, -0.15) is 0 Å². The lowest BCUT2D eigenvalue weighted by atomic mass is 9.75. The van der Waals surface area contributed by atoms with Crippen LogP contribution in [0.4, 0.5) is 0 Å². The number of benzene rings is 4. The Bertz CT molecular complexity index is 1380. The van der Waals surface area contributed by atoms with E-state index in [0.29, 0.717) is 16.7 Å². The van der Waals surface area contributed by atoms with Crippen molar-refractivity contribution in [2.75, 3.05) is 0 Å². The van der Waals surface area contributed by atoms with Gasteiger partial charge in [0.1, 0.15) is 12.4 Å². The third-order valence-corrected chi connectivity index (χ3v) is 6.08. The van der Waals surface area contributed by atoms with E-state index in [4.69, 9.17) is 14.2 Å². The van der Waals surface area contributed by atoms with E-state index in [0.717, 1.165) is 5.56 Å². The van der Waals surface area contributed by atoms with Crippen molar-refractivity contribution in [3.8, 4) is 5.75 Å². The van der Waals surface area contributed by atoms with Crippen molar-refractivity contribution in [1.82, 2.24) is 0 Å². The predicted octanol–water partition coefficient (Wildman–Crippen LogP) is 4.92. The van der Waals surface area contributed by atoms with Crippen molar-refractivity contribution in [2.24, 2.45) is 0 Å². The maximum absolute atomic E-state index is 14.0. The van der Waals surface area contributed by atoms with Crippen LogP contribution in [0.15, 0.2) is 115 Å². The Balaban J connectivity index is 1.52. The molecular weight excluding hydrogens is 456 g/mol. The SMILES string of the molecule is O=C(OCc1ccccc1)[C@@H](OC(=O)C1(c2ccccc2)C(=O)Oc2ccccc21)c1ccccc1. The molecule has 0 saturated heterocycles. The Kier molecular flexibility index (Phi) is 6.33. The third-order valence-electron chi connectivity index (χ3n) is 6.08. The van der Waals surface area contributed by atoms with Crippen LogP contribution in [0.2, 0.25) is 0 Å². The van der Waals surface area contributed by atoms with Gasteiger partial charge in [0.15, 0.2) is 0 Å². The monoisotopic (exact) mass is 478 g/mol. The molecule has 0 N–H and O–H groups in total. The second-order valence-corrected chi connectivity index (χ2v) is 8.29. The Hall–Kier alpha value is -4.71. The molecule has 6 nitrogen and oxygen atoms in total. The fourth-order valence-corrected chi connectivity index (χ4v) is 4.30. The maximum Gasteiger partial charge on any atom is 0.352 e. The maximum atomic E-state index is 14.0. The molecule has 0 spiro atoms. The Labute approximate surface area is 208 Å². The van der Waals surface area contributed by atoms with E-state index in [-0.39, 0.29) is 12.4 Å². The van der Waals surface area contributed by atoms with Crippen molar-refractivity contribution in [3.63, 3.8) is 0 Å². The van der Waals surface area contributed by atoms with E-state index in [1.54, 1.807) is 84.9 Å². The summed E-state index contributed by atoms with van der Waals surface area (Å²) in [6.45, 7) is 0.00919. The molecule has 1 aliphatic rings. The van der Waals surface area contributed by atoms with Crippen LogP contribution in [0.25, 0.3) is 0 Å². The normalized spacial score (nSPS) is 16.9. The van der Waals surface area contributed by atoms with Crippen LogP contribution in [-0.4, -0.2) is 17.9 Å². The van der Waals surface area contributed by atoms with Crippen molar-refractivity contribution in [3.05, 3.63) is 138 Å². The molecular formula is C30H22O6. The number of rotatable bonds is 7. The fourth-order valence-electron chi connectivity index (χ4n) is 4.30. The molecule has 0 saturated carbocycles. The molecule has 0 radical (unpaired) electrons. The number of carbonyl (C=O) groups is 3. The summed E-state index contributed by atoms with van der Waals surface area (Å²) in [5.74, 6) is -2.19. The van der Waals surface area contributed by atoms with Gasteiger partial charge in [0.2, 0.25) is 11.5 Å². The zero-order valence-electron chi connectivity index (χ0n) is 19.2. The van der Waals surface area contributed by atoms with Gasteiger partial charge in [-0.05, 0) is 17.2 Å². The molecule has 0 amide bonds. The highest BCUT2D eigenvalue weighted by molar-refractivity contribution is 6.14. The molecule has 1 unspecified atom stereocenters. The van der Waals surface area contributed by atoms with E-state index in [9.17, 15) is 14.4 Å². The Morgan fingerprint density at radius 3 is 2.03 bits per heavy atom. The molecule has 2 atom stereocenters. The molecule has 1 heterocycles. The average Bonchev–Trinajstić information content (AvgIpc) is 3.24. The molecule has 36 heavy (non-hydrogen) atoms. The molecule has 0 aliphatic carbocycles.